The summed E-state index contributed by atoms with van der Waals surface area (Å²) in [6.45, 7) is 10.2. The Hall–Kier alpha value is -2.46. The first-order valence-electron chi connectivity index (χ1n) is 6.97. The molecule has 0 bridgehead atoms. The second-order valence-electron chi connectivity index (χ2n) is 5.57. The lowest BCUT2D eigenvalue weighted by atomic mass is 9.90. The lowest BCUT2D eigenvalue weighted by Gasteiger charge is -2.27. The number of aliphatic carboxylic acids is 1. The van der Waals surface area contributed by atoms with Crippen molar-refractivity contribution in [3.05, 3.63) is 22.9 Å². The van der Waals surface area contributed by atoms with Gasteiger partial charge in [-0.1, -0.05) is 13.8 Å². The maximum absolute atomic E-state index is 12.4. The number of hydrogen-bond acceptors (Lipinski definition) is 5. The molecular weight excluding hydrogens is 298 g/mol. The smallest absolute Gasteiger partial charge is 0.338 e. The Morgan fingerprint density at radius 1 is 1.52 bits per heavy atom. The third-order valence-electron chi connectivity index (χ3n) is 3.38. The first-order chi connectivity index (χ1) is 10.6. The van der Waals surface area contributed by atoms with Gasteiger partial charge in [0.05, 0.1) is 18.2 Å². The predicted molar refractivity (Wildman–Crippen MR) is 86.8 cm³/mol. The quantitative estimate of drug-likeness (QED) is 0.401. The van der Waals surface area contributed by atoms with Crippen LogP contribution in [0.3, 0.4) is 0 Å². The third kappa shape index (κ3) is 5.68. The van der Waals surface area contributed by atoms with Gasteiger partial charge < -0.3 is 15.2 Å². The van der Waals surface area contributed by atoms with Gasteiger partial charge in [0.15, 0.2) is 0 Å². The van der Waals surface area contributed by atoms with Gasteiger partial charge >= 0.3 is 5.97 Å². The Balaban J connectivity index is 5.87. The molecule has 1 atom stereocenters. The number of nitrogens with one attached hydrogen (secondary N) is 1. The van der Waals surface area contributed by atoms with Crippen molar-refractivity contribution in [1.29, 1.82) is 5.26 Å². The average molecular weight is 321 g/mol. The topological polar surface area (TPSA) is 112 Å². The van der Waals surface area contributed by atoms with Gasteiger partial charge in [-0.05, 0) is 38.1 Å². The molecule has 1 amide bonds. The number of rotatable bonds is 8. The number of carboxylic acids is 1. The van der Waals surface area contributed by atoms with Crippen molar-refractivity contribution in [3.8, 4) is 6.07 Å². The minimum Gasteiger partial charge on any atom is -0.478 e. The summed E-state index contributed by atoms with van der Waals surface area (Å²) in [5.41, 5.74) is -1.21. The van der Waals surface area contributed by atoms with Crippen molar-refractivity contribution in [2.75, 3.05) is 13.7 Å². The SMILES string of the molecule is C=N/C(C(=O)NC(C)(C#N)C(C)C)=C(\C=C(/C)COC)C(=O)O. The highest BCUT2D eigenvalue weighted by Crippen LogP contribution is 2.18. The van der Waals surface area contributed by atoms with Gasteiger partial charge in [0.25, 0.3) is 5.91 Å². The van der Waals surface area contributed by atoms with Gasteiger partial charge in [-0.3, -0.25) is 9.79 Å². The van der Waals surface area contributed by atoms with Crippen LogP contribution in [0.1, 0.15) is 27.7 Å². The summed E-state index contributed by atoms with van der Waals surface area (Å²) in [5, 5.41) is 21.1. The highest BCUT2D eigenvalue weighted by molar-refractivity contribution is 6.04. The monoisotopic (exact) mass is 321 g/mol. The van der Waals surface area contributed by atoms with Crippen LogP contribution in [0.4, 0.5) is 0 Å². The molecule has 0 fully saturated rings. The Bertz CT molecular complexity index is 585. The summed E-state index contributed by atoms with van der Waals surface area (Å²) in [4.78, 5) is 27.3. The molecule has 0 spiro atoms. The van der Waals surface area contributed by atoms with Crippen LogP contribution < -0.4 is 5.32 Å². The van der Waals surface area contributed by atoms with Crippen LogP contribution in [0.5, 0.6) is 0 Å². The largest absolute Gasteiger partial charge is 0.478 e. The number of nitriles is 1. The van der Waals surface area contributed by atoms with E-state index in [-0.39, 0.29) is 23.8 Å². The zero-order valence-corrected chi connectivity index (χ0v) is 14.1. The molecule has 7 heteroatoms. The average Bonchev–Trinajstić information content (AvgIpc) is 2.46. The molecule has 0 saturated carbocycles. The van der Waals surface area contributed by atoms with Crippen LogP contribution in [-0.2, 0) is 14.3 Å². The van der Waals surface area contributed by atoms with Gasteiger partial charge in [-0.2, -0.15) is 5.26 Å². The van der Waals surface area contributed by atoms with E-state index in [0.717, 1.165) is 0 Å². The van der Waals surface area contributed by atoms with E-state index in [1.165, 1.54) is 13.2 Å². The van der Waals surface area contributed by atoms with Crippen molar-refractivity contribution >= 4 is 18.6 Å². The number of aliphatic imine (C=N–C) groups is 1. The number of carboxylic acid groups (broad SMARTS) is 1. The first-order valence-corrected chi connectivity index (χ1v) is 6.97. The Kier molecular flexibility index (Phi) is 7.91. The van der Waals surface area contributed by atoms with E-state index >= 15 is 0 Å². The fourth-order valence-electron chi connectivity index (χ4n) is 1.62. The van der Waals surface area contributed by atoms with E-state index in [1.54, 1.807) is 27.7 Å². The number of hydrogen-bond donors (Lipinski definition) is 2. The van der Waals surface area contributed by atoms with Crippen LogP contribution in [-0.4, -0.2) is 43.0 Å². The summed E-state index contributed by atoms with van der Waals surface area (Å²) < 4.78 is 4.91. The number of carbonyl (C=O) groups is 2. The predicted octanol–water partition coefficient (Wildman–Crippen LogP) is 1.67. The zero-order chi connectivity index (χ0) is 18.2. The molecule has 0 aromatic rings. The molecule has 0 aromatic carbocycles. The number of nitrogens with zero attached hydrogens (tertiary/aromatic N) is 2. The Morgan fingerprint density at radius 3 is 2.43 bits per heavy atom. The van der Waals surface area contributed by atoms with Crippen molar-refractivity contribution in [3.63, 3.8) is 0 Å². The molecule has 126 valence electrons. The van der Waals surface area contributed by atoms with Crippen LogP contribution in [0, 0.1) is 17.2 Å². The molecule has 0 aliphatic heterocycles. The molecule has 1 unspecified atom stereocenters. The molecule has 0 aliphatic rings. The molecule has 0 rings (SSSR count). The van der Waals surface area contributed by atoms with Gasteiger partial charge in [-0.15, -0.1) is 0 Å². The highest BCUT2D eigenvalue weighted by atomic mass is 16.5. The van der Waals surface area contributed by atoms with Gasteiger partial charge in [0, 0.05) is 7.11 Å². The number of methoxy groups -OCH3 is 1. The molecule has 0 aromatic heterocycles. The molecule has 0 radical (unpaired) electrons. The molecule has 7 nitrogen and oxygen atoms in total. The van der Waals surface area contributed by atoms with Gasteiger partial charge in [0.1, 0.15) is 11.2 Å². The summed E-state index contributed by atoms with van der Waals surface area (Å²) in [7, 11) is 1.47. The first kappa shape index (κ1) is 20.5. The molecular formula is C16H23N3O4. The Morgan fingerprint density at radius 2 is 2.09 bits per heavy atom. The van der Waals surface area contributed by atoms with Crippen LogP contribution in [0.2, 0.25) is 0 Å². The highest BCUT2D eigenvalue weighted by Gasteiger charge is 2.32. The number of amides is 1. The van der Waals surface area contributed by atoms with E-state index in [1.807, 2.05) is 6.07 Å². The maximum Gasteiger partial charge on any atom is 0.338 e. The van der Waals surface area contributed by atoms with Crippen molar-refractivity contribution < 1.29 is 19.4 Å². The van der Waals surface area contributed by atoms with Crippen molar-refractivity contribution in [2.45, 2.75) is 33.2 Å². The lowest BCUT2D eigenvalue weighted by molar-refractivity contribution is -0.132. The second kappa shape index (κ2) is 8.86. The van der Waals surface area contributed by atoms with E-state index in [4.69, 9.17) is 4.74 Å². The molecule has 2 N–H and O–H groups in total. The fourth-order valence-corrected chi connectivity index (χ4v) is 1.62. The lowest BCUT2D eigenvalue weighted by Crippen LogP contribution is -2.49. The molecule has 0 aliphatic carbocycles. The second-order valence-corrected chi connectivity index (χ2v) is 5.57. The summed E-state index contributed by atoms with van der Waals surface area (Å²) >= 11 is 0. The Labute approximate surface area is 136 Å². The fraction of sp³-hybridized carbons (Fsp3) is 0.500. The van der Waals surface area contributed by atoms with Crippen molar-refractivity contribution in [2.24, 2.45) is 10.9 Å². The van der Waals surface area contributed by atoms with Crippen molar-refractivity contribution in [1.82, 2.24) is 5.32 Å². The maximum atomic E-state index is 12.4. The molecule has 0 heterocycles. The standard InChI is InChI=1S/C16H23N3O4/c1-10(2)16(4,9-17)19-14(20)13(18-5)12(15(21)22)7-11(3)8-23-6/h7,10H,5,8H2,1-4,6H3,(H,19,20)(H,21,22)/b11-7+,13-12+. The van der Waals surface area contributed by atoms with E-state index in [0.29, 0.717) is 5.57 Å². The summed E-state index contributed by atoms with van der Waals surface area (Å²) in [5.74, 6) is -2.26. The van der Waals surface area contributed by atoms with Crippen LogP contribution in [0.25, 0.3) is 0 Å². The third-order valence-corrected chi connectivity index (χ3v) is 3.38. The van der Waals surface area contributed by atoms with E-state index in [9.17, 15) is 20.0 Å². The summed E-state index contributed by atoms with van der Waals surface area (Å²) in [6, 6.07) is 2.02. The van der Waals surface area contributed by atoms with Crippen LogP contribution in [0.15, 0.2) is 27.9 Å². The number of carbonyl (C=O) groups excluding carboxylic acids is 1. The van der Waals surface area contributed by atoms with Gasteiger partial charge in [-0.25, -0.2) is 4.79 Å². The summed E-state index contributed by atoms with van der Waals surface area (Å²) in [6.07, 6.45) is 1.30. The minimum absolute atomic E-state index is 0.179. The molecule has 0 saturated heterocycles. The normalized spacial score (nSPS) is 15.3. The number of ether oxygens (including phenoxy) is 1. The van der Waals surface area contributed by atoms with Crippen LogP contribution >= 0.6 is 0 Å². The minimum atomic E-state index is -1.32. The zero-order valence-electron chi connectivity index (χ0n) is 14.1. The van der Waals surface area contributed by atoms with E-state index in [2.05, 4.69) is 17.0 Å². The molecule has 23 heavy (non-hydrogen) atoms. The van der Waals surface area contributed by atoms with Gasteiger partial charge in [0.2, 0.25) is 0 Å². The van der Waals surface area contributed by atoms with E-state index < -0.39 is 17.4 Å².